The molecular weight excluding hydrogens is 360 g/mol. The average molecular weight is 391 g/mol. The molecule has 1 aromatic heterocycles. The van der Waals surface area contributed by atoms with Crippen molar-refractivity contribution in [3.63, 3.8) is 0 Å². The molecule has 4 rings (SSSR count). The van der Waals surface area contributed by atoms with Crippen LogP contribution in [0.5, 0.6) is 0 Å². The van der Waals surface area contributed by atoms with Crippen LogP contribution in [0.4, 0.5) is 0 Å². The molecule has 5 heteroatoms. The van der Waals surface area contributed by atoms with Gasteiger partial charge < -0.3 is 21.8 Å². The molecule has 0 unspecified atom stereocenters. The molecule has 1 fully saturated rings. The van der Waals surface area contributed by atoms with Crippen molar-refractivity contribution in [2.24, 2.45) is 11.5 Å². The fourth-order valence-electron chi connectivity index (χ4n) is 3.91. The summed E-state index contributed by atoms with van der Waals surface area (Å²) in [6.07, 6.45) is 3.98. The maximum absolute atomic E-state index is 12.9. The number of aromatic amines is 1. The zero-order valence-electron chi connectivity index (χ0n) is 17.0. The molecule has 0 spiro atoms. The summed E-state index contributed by atoms with van der Waals surface area (Å²) in [5.41, 5.74) is 18.1. The van der Waals surface area contributed by atoms with E-state index >= 15 is 0 Å². The van der Waals surface area contributed by atoms with Crippen LogP contribution < -0.4 is 16.8 Å². The molecule has 1 saturated carbocycles. The third-order valence-electron chi connectivity index (χ3n) is 5.74. The van der Waals surface area contributed by atoms with Gasteiger partial charge in [0.15, 0.2) is 0 Å². The fourth-order valence-corrected chi connectivity index (χ4v) is 3.91. The number of fused-ring (bicyclic) bond motifs is 1. The Bertz CT molecular complexity index is 1000. The second-order valence-corrected chi connectivity index (χ2v) is 8.22. The Morgan fingerprint density at radius 2 is 1.90 bits per heavy atom. The van der Waals surface area contributed by atoms with Gasteiger partial charge in [-0.3, -0.25) is 4.79 Å². The lowest BCUT2D eigenvalue weighted by molar-refractivity contribution is 0.0945. The van der Waals surface area contributed by atoms with E-state index in [1.54, 1.807) is 0 Å². The van der Waals surface area contributed by atoms with Gasteiger partial charge in [0.1, 0.15) is 5.69 Å². The number of hydrogen-bond acceptors (Lipinski definition) is 3. The van der Waals surface area contributed by atoms with Gasteiger partial charge >= 0.3 is 0 Å². The maximum atomic E-state index is 12.9. The summed E-state index contributed by atoms with van der Waals surface area (Å²) in [6.45, 7) is 3.18. The molecule has 1 heterocycles. The number of benzene rings is 2. The largest absolute Gasteiger partial charge is 0.350 e. The smallest absolute Gasteiger partial charge is 0.268 e. The first kappa shape index (κ1) is 19.7. The highest BCUT2D eigenvalue weighted by molar-refractivity contribution is 6.02. The molecule has 152 valence electrons. The Kier molecular flexibility index (Phi) is 5.69. The van der Waals surface area contributed by atoms with Crippen LogP contribution in [0.3, 0.4) is 0 Å². The predicted molar refractivity (Wildman–Crippen MR) is 119 cm³/mol. The van der Waals surface area contributed by atoms with Crippen LogP contribution in [0, 0.1) is 6.92 Å². The number of hydrogen-bond donors (Lipinski definition) is 4. The normalized spacial score (nSPS) is 14.9. The first-order valence-corrected chi connectivity index (χ1v) is 10.5. The zero-order chi connectivity index (χ0) is 20.4. The van der Waals surface area contributed by atoms with Gasteiger partial charge in [0.2, 0.25) is 0 Å². The first-order valence-electron chi connectivity index (χ1n) is 10.5. The highest BCUT2D eigenvalue weighted by Gasteiger charge is 2.31. The van der Waals surface area contributed by atoms with Gasteiger partial charge in [0, 0.05) is 23.5 Å². The number of amides is 1. The van der Waals surface area contributed by atoms with Gasteiger partial charge in [0.25, 0.3) is 5.91 Å². The first-order chi connectivity index (χ1) is 14.1. The zero-order valence-corrected chi connectivity index (χ0v) is 17.0. The van der Waals surface area contributed by atoms with E-state index in [1.165, 1.54) is 11.1 Å². The number of nitrogens with one attached hydrogen (secondary N) is 2. The number of carbonyl (C=O) groups is 1. The molecule has 3 aromatic rings. The minimum Gasteiger partial charge on any atom is -0.350 e. The van der Waals surface area contributed by atoms with Crippen LogP contribution in [0.15, 0.2) is 42.5 Å². The van der Waals surface area contributed by atoms with Crippen molar-refractivity contribution in [2.45, 2.75) is 44.6 Å². The number of carbonyl (C=O) groups excluding carboxylic acids is 1. The predicted octanol–water partition coefficient (Wildman–Crippen LogP) is 3.82. The lowest BCUT2D eigenvalue weighted by Gasteiger charge is -2.12. The quantitative estimate of drug-likeness (QED) is 0.471. The van der Waals surface area contributed by atoms with Crippen LogP contribution in [-0.4, -0.2) is 30.0 Å². The Morgan fingerprint density at radius 3 is 2.59 bits per heavy atom. The van der Waals surface area contributed by atoms with E-state index in [0.29, 0.717) is 24.7 Å². The van der Waals surface area contributed by atoms with Gasteiger partial charge in [-0.1, -0.05) is 42.0 Å². The summed E-state index contributed by atoms with van der Waals surface area (Å²) in [5, 5.41) is 4.16. The minimum absolute atomic E-state index is 0.0654. The summed E-state index contributed by atoms with van der Waals surface area (Å²) in [4.78, 5) is 16.3. The second-order valence-electron chi connectivity index (χ2n) is 8.22. The van der Waals surface area contributed by atoms with Crippen LogP contribution >= 0.6 is 0 Å². The molecule has 5 nitrogen and oxygen atoms in total. The van der Waals surface area contributed by atoms with Gasteiger partial charge in [-0.05, 0) is 67.8 Å². The minimum atomic E-state index is -0.0665. The fraction of sp³-hybridized carbons (Fsp3) is 0.375. The van der Waals surface area contributed by atoms with Gasteiger partial charge in [-0.15, -0.1) is 0 Å². The van der Waals surface area contributed by atoms with E-state index in [-0.39, 0.29) is 11.9 Å². The number of aromatic nitrogens is 1. The Hall–Kier alpha value is -2.63. The summed E-state index contributed by atoms with van der Waals surface area (Å²) >= 11 is 0. The van der Waals surface area contributed by atoms with Crippen molar-refractivity contribution in [2.75, 3.05) is 13.1 Å². The molecule has 1 atom stereocenters. The SMILES string of the molecule is Cc1ccc(-c2ccc3c(C4CC4)c(C(=O)NC[C@@H](N)CCCN)[nH]c3c2)cc1. The Morgan fingerprint density at radius 1 is 1.17 bits per heavy atom. The molecule has 0 radical (unpaired) electrons. The lowest BCUT2D eigenvalue weighted by atomic mass is 10.0. The summed E-state index contributed by atoms with van der Waals surface area (Å²) in [6, 6.07) is 14.9. The van der Waals surface area contributed by atoms with Crippen LogP contribution in [0.2, 0.25) is 0 Å². The van der Waals surface area contributed by atoms with Crippen molar-refractivity contribution >= 4 is 16.8 Å². The highest BCUT2D eigenvalue weighted by Crippen LogP contribution is 2.45. The van der Waals surface area contributed by atoms with Crippen molar-refractivity contribution in [1.29, 1.82) is 0 Å². The van der Waals surface area contributed by atoms with E-state index in [4.69, 9.17) is 11.5 Å². The van der Waals surface area contributed by atoms with Gasteiger partial charge in [0.05, 0.1) is 0 Å². The molecule has 0 aliphatic heterocycles. The third kappa shape index (κ3) is 4.36. The van der Waals surface area contributed by atoms with Crippen LogP contribution in [-0.2, 0) is 0 Å². The standard InChI is InChI=1S/C24H30N4O/c1-15-4-6-16(7-5-15)18-10-11-20-21(13-18)28-23(22(20)17-8-9-17)24(29)27-14-19(26)3-2-12-25/h4-7,10-11,13,17,19,28H,2-3,8-9,12,14,25-26H2,1H3,(H,27,29)/t19-/m0/s1. The molecule has 1 amide bonds. The molecule has 29 heavy (non-hydrogen) atoms. The Balaban J connectivity index is 1.60. The average Bonchev–Trinajstić information content (AvgIpc) is 3.50. The van der Waals surface area contributed by atoms with Crippen LogP contribution in [0.1, 0.15) is 53.2 Å². The maximum Gasteiger partial charge on any atom is 0.268 e. The van der Waals surface area contributed by atoms with Crippen molar-refractivity contribution in [1.82, 2.24) is 10.3 Å². The molecule has 1 aliphatic rings. The third-order valence-corrected chi connectivity index (χ3v) is 5.74. The monoisotopic (exact) mass is 390 g/mol. The van der Waals surface area contributed by atoms with E-state index < -0.39 is 0 Å². The molecular formula is C24H30N4O. The molecule has 6 N–H and O–H groups in total. The number of aryl methyl sites for hydroxylation is 1. The Labute approximate surface area is 171 Å². The van der Waals surface area contributed by atoms with E-state index in [1.807, 2.05) is 0 Å². The van der Waals surface area contributed by atoms with E-state index in [2.05, 4.69) is 59.7 Å². The number of nitrogens with two attached hydrogens (primary N) is 2. The van der Waals surface area contributed by atoms with Crippen molar-refractivity contribution < 1.29 is 4.79 Å². The van der Waals surface area contributed by atoms with E-state index in [0.717, 1.165) is 47.7 Å². The number of H-pyrrole nitrogens is 1. The molecule has 0 saturated heterocycles. The highest BCUT2D eigenvalue weighted by atomic mass is 16.1. The molecule has 2 aromatic carbocycles. The van der Waals surface area contributed by atoms with E-state index in [9.17, 15) is 4.79 Å². The number of rotatable bonds is 8. The molecule has 1 aliphatic carbocycles. The summed E-state index contributed by atoms with van der Waals surface area (Å²) < 4.78 is 0. The van der Waals surface area contributed by atoms with Gasteiger partial charge in [-0.25, -0.2) is 0 Å². The van der Waals surface area contributed by atoms with Crippen molar-refractivity contribution in [3.8, 4) is 11.1 Å². The molecule has 0 bridgehead atoms. The lowest BCUT2D eigenvalue weighted by Crippen LogP contribution is -2.37. The van der Waals surface area contributed by atoms with Gasteiger partial charge in [-0.2, -0.15) is 0 Å². The van der Waals surface area contributed by atoms with Crippen molar-refractivity contribution in [3.05, 3.63) is 59.3 Å². The second kappa shape index (κ2) is 8.39. The van der Waals surface area contributed by atoms with Crippen LogP contribution in [0.25, 0.3) is 22.0 Å². The summed E-state index contributed by atoms with van der Waals surface area (Å²) in [7, 11) is 0. The summed E-state index contributed by atoms with van der Waals surface area (Å²) in [5.74, 6) is 0.406. The topological polar surface area (TPSA) is 96.9 Å².